The summed E-state index contributed by atoms with van der Waals surface area (Å²) in [4.78, 5) is 48.7. The van der Waals surface area contributed by atoms with E-state index in [4.69, 9.17) is 24.1 Å². The summed E-state index contributed by atoms with van der Waals surface area (Å²) in [5.74, 6) is -1.56. The molecule has 0 aliphatic heterocycles. The lowest BCUT2D eigenvalue weighted by Gasteiger charge is -2.33. The average Bonchev–Trinajstić information content (AvgIpc) is 2.97. The van der Waals surface area contributed by atoms with Crippen LogP contribution in [-0.2, 0) is 9.53 Å². The summed E-state index contributed by atoms with van der Waals surface area (Å²) in [5.41, 5.74) is 0.492. The van der Waals surface area contributed by atoms with Crippen LogP contribution in [0.1, 0.15) is 91.9 Å². The highest BCUT2D eigenvalue weighted by molar-refractivity contribution is 5.93. The van der Waals surface area contributed by atoms with Gasteiger partial charge in [0.05, 0.1) is 35.8 Å². The Labute approximate surface area is 264 Å². The van der Waals surface area contributed by atoms with Crippen LogP contribution in [-0.4, -0.2) is 42.2 Å². The Morgan fingerprint density at radius 1 is 0.622 bits per heavy atom. The topological polar surface area (TPSA) is 125 Å². The van der Waals surface area contributed by atoms with Gasteiger partial charge in [0.25, 0.3) is 0 Å². The van der Waals surface area contributed by atoms with E-state index in [0.29, 0.717) is 37.4 Å². The Morgan fingerprint density at radius 2 is 1.04 bits per heavy atom. The third kappa shape index (κ3) is 11.4. The average molecular weight is 619 g/mol. The molecule has 0 aromatic heterocycles. The van der Waals surface area contributed by atoms with Gasteiger partial charge in [0.15, 0.2) is 0 Å². The van der Waals surface area contributed by atoms with Crippen molar-refractivity contribution >= 4 is 23.9 Å². The summed E-state index contributed by atoms with van der Waals surface area (Å²) in [6, 6.07) is 17.9. The molecule has 0 aliphatic rings. The van der Waals surface area contributed by atoms with E-state index in [9.17, 15) is 19.2 Å². The third-order valence-electron chi connectivity index (χ3n) is 6.90. The Hall–Kier alpha value is -4.66. The molecule has 0 fully saturated rings. The van der Waals surface area contributed by atoms with E-state index in [0.717, 1.165) is 6.42 Å². The van der Waals surface area contributed by atoms with Crippen molar-refractivity contribution in [2.75, 3.05) is 13.2 Å². The zero-order chi connectivity index (χ0) is 33.2. The maximum absolute atomic E-state index is 12.7. The number of esters is 3. The summed E-state index contributed by atoms with van der Waals surface area (Å²) in [6.45, 7) is 13.4. The monoisotopic (exact) mass is 618 g/mol. The number of carbonyl (C=O) groups is 4. The number of aromatic carboxylic acids is 1. The van der Waals surface area contributed by atoms with Crippen LogP contribution in [0.2, 0.25) is 0 Å². The summed E-state index contributed by atoms with van der Waals surface area (Å²) in [6.07, 6.45) is 2.15. The van der Waals surface area contributed by atoms with Crippen LogP contribution in [0.4, 0.5) is 0 Å². The number of hydrogen-bond acceptors (Lipinski definition) is 8. The van der Waals surface area contributed by atoms with Crippen molar-refractivity contribution in [1.29, 1.82) is 0 Å². The van der Waals surface area contributed by atoms with Crippen molar-refractivity contribution in [2.45, 2.75) is 60.8 Å². The number of carbonyl (C=O) groups excluding carboxylic acids is 3. The first-order valence-corrected chi connectivity index (χ1v) is 14.9. The number of ether oxygens (including phenoxy) is 4. The molecule has 0 bridgehead atoms. The molecular formula is C36H42O9. The maximum Gasteiger partial charge on any atom is 0.343 e. The first kappa shape index (κ1) is 34.8. The van der Waals surface area contributed by atoms with E-state index in [-0.39, 0.29) is 45.3 Å². The largest absolute Gasteiger partial charge is 0.494 e. The van der Waals surface area contributed by atoms with E-state index < -0.39 is 17.9 Å². The lowest BCUT2D eigenvalue weighted by atomic mass is 9.72. The van der Waals surface area contributed by atoms with Gasteiger partial charge in [0.2, 0.25) is 0 Å². The van der Waals surface area contributed by atoms with Crippen LogP contribution in [0.25, 0.3) is 0 Å². The molecule has 1 unspecified atom stereocenters. The van der Waals surface area contributed by atoms with Gasteiger partial charge in [0.1, 0.15) is 17.2 Å². The quantitative estimate of drug-likeness (QED) is 0.117. The number of carboxylic acids is 1. The third-order valence-corrected chi connectivity index (χ3v) is 6.90. The van der Waals surface area contributed by atoms with Gasteiger partial charge in [-0.25, -0.2) is 14.4 Å². The van der Waals surface area contributed by atoms with Gasteiger partial charge < -0.3 is 24.1 Å². The summed E-state index contributed by atoms with van der Waals surface area (Å²) in [7, 11) is 0. The molecular weight excluding hydrogens is 576 g/mol. The number of carboxylic acid groups (broad SMARTS) is 1. The van der Waals surface area contributed by atoms with Crippen LogP contribution in [0.5, 0.6) is 17.2 Å². The fourth-order valence-corrected chi connectivity index (χ4v) is 4.37. The van der Waals surface area contributed by atoms with Crippen molar-refractivity contribution in [3.05, 3.63) is 89.5 Å². The summed E-state index contributed by atoms with van der Waals surface area (Å²) < 4.78 is 22.0. The van der Waals surface area contributed by atoms with E-state index in [1.165, 1.54) is 48.5 Å². The second-order valence-corrected chi connectivity index (χ2v) is 13.1. The molecule has 0 saturated carbocycles. The fraction of sp³-hybridized carbons (Fsp3) is 0.389. The Kier molecular flexibility index (Phi) is 11.9. The van der Waals surface area contributed by atoms with Crippen molar-refractivity contribution in [3.8, 4) is 17.2 Å². The van der Waals surface area contributed by atoms with Crippen LogP contribution in [0.15, 0.2) is 72.8 Å². The molecule has 3 aromatic rings. The highest BCUT2D eigenvalue weighted by atomic mass is 16.5. The zero-order valence-electron chi connectivity index (χ0n) is 26.8. The van der Waals surface area contributed by atoms with Gasteiger partial charge in [0, 0.05) is 0 Å². The molecule has 0 aliphatic carbocycles. The standard InChI is InChI=1S/C36H42O9/c1-35(2,3)23-30(36(4,5)6)34(41)43-22-8-7-21-42-27-15-11-25(12-16-27)32(39)45-29-19-13-26(14-20-29)33(40)44-28-17-9-24(10-18-28)31(37)38/h9-20,30H,7-8,21-23H2,1-6H3,(H,37,38). The molecule has 9 nitrogen and oxygen atoms in total. The number of rotatable bonds is 13. The minimum Gasteiger partial charge on any atom is -0.494 e. The second-order valence-electron chi connectivity index (χ2n) is 13.1. The van der Waals surface area contributed by atoms with Gasteiger partial charge in [-0.3, -0.25) is 4.79 Å². The predicted octanol–water partition coefficient (Wildman–Crippen LogP) is 7.62. The van der Waals surface area contributed by atoms with Gasteiger partial charge >= 0.3 is 23.9 Å². The molecule has 1 N–H and O–H groups in total. The van der Waals surface area contributed by atoms with Crippen LogP contribution >= 0.6 is 0 Å². The Balaban J connectivity index is 1.40. The maximum atomic E-state index is 12.7. The minimum atomic E-state index is -1.08. The van der Waals surface area contributed by atoms with Gasteiger partial charge in [-0.2, -0.15) is 0 Å². The van der Waals surface area contributed by atoms with Gasteiger partial charge in [-0.15, -0.1) is 0 Å². The van der Waals surface area contributed by atoms with E-state index in [2.05, 4.69) is 41.5 Å². The molecule has 240 valence electrons. The lowest BCUT2D eigenvalue weighted by molar-refractivity contribution is -0.154. The molecule has 9 heteroatoms. The van der Waals surface area contributed by atoms with E-state index in [1.54, 1.807) is 24.3 Å². The fourth-order valence-electron chi connectivity index (χ4n) is 4.37. The Bertz CT molecular complexity index is 1440. The second kappa shape index (κ2) is 15.4. The van der Waals surface area contributed by atoms with Crippen molar-refractivity contribution in [1.82, 2.24) is 0 Å². The highest BCUT2D eigenvalue weighted by Crippen LogP contribution is 2.36. The molecule has 45 heavy (non-hydrogen) atoms. The van der Waals surface area contributed by atoms with Crippen molar-refractivity contribution < 1.29 is 43.2 Å². The first-order valence-electron chi connectivity index (χ1n) is 14.9. The van der Waals surface area contributed by atoms with Crippen molar-refractivity contribution in [2.24, 2.45) is 16.7 Å². The van der Waals surface area contributed by atoms with Gasteiger partial charge in [-0.1, -0.05) is 41.5 Å². The minimum absolute atomic E-state index is 0.0311. The number of unbranched alkanes of at least 4 members (excludes halogenated alkanes) is 1. The predicted molar refractivity (Wildman–Crippen MR) is 169 cm³/mol. The lowest BCUT2D eigenvalue weighted by Crippen LogP contribution is -2.33. The molecule has 3 aromatic carbocycles. The van der Waals surface area contributed by atoms with Crippen LogP contribution < -0.4 is 14.2 Å². The summed E-state index contributed by atoms with van der Waals surface area (Å²) >= 11 is 0. The first-order chi connectivity index (χ1) is 21.1. The molecule has 0 heterocycles. The molecule has 3 rings (SSSR count). The van der Waals surface area contributed by atoms with Crippen molar-refractivity contribution in [3.63, 3.8) is 0 Å². The normalized spacial score (nSPS) is 12.1. The van der Waals surface area contributed by atoms with Gasteiger partial charge in [-0.05, 0) is 103 Å². The highest BCUT2D eigenvalue weighted by Gasteiger charge is 2.35. The van der Waals surface area contributed by atoms with E-state index >= 15 is 0 Å². The number of hydrogen-bond donors (Lipinski definition) is 1. The van der Waals surface area contributed by atoms with Crippen LogP contribution in [0, 0.1) is 16.7 Å². The summed E-state index contributed by atoms with van der Waals surface area (Å²) in [5, 5.41) is 8.97. The molecule has 0 saturated heterocycles. The molecule has 0 spiro atoms. The number of benzene rings is 3. The smallest absolute Gasteiger partial charge is 0.343 e. The zero-order valence-corrected chi connectivity index (χ0v) is 26.8. The Morgan fingerprint density at radius 3 is 1.47 bits per heavy atom. The molecule has 1 atom stereocenters. The van der Waals surface area contributed by atoms with E-state index in [1.807, 2.05) is 0 Å². The SMILES string of the molecule is CC(C)(C)CC(C(=O)OCCCCOc1ccc(C(=O)Oc2ccc(C(=O)Oc3ccc(C(=O)O)cc3)cc2)cc1)C(C)(C)C. The molecule has 0 amide bonds. The van der Waals surface area contributed by atoms with Crippen LogP contribution in [0.3, 0.4) is 0 Å². The molecule has 0 radical (unpaired) electrons.